The lowest BCUT2D eigenvalue weighted by atomic mass is 9.92. The summed E-state index contributed by atoms with van der Waals surface area (Å²) in [4.78, 5) is 26.0. The van der Waals surface area contributed by atoms with Gasteiger partial charge in [-0.25, -0.2) is 14.5 Å². The van der Waals surface area contributed by atoms with E-state index in [4.69, 9.17) is 9.47 Å². The fourth-order valence-electron chi connectivity index (χ4n) is 2.21. The Morgan fingerprint density at radius 1 is 1.00 bits per heavy atom. The summed E-state index contributed by atoms with van der Waals surface area (Å²) in [5.41, 5.74) is -1.33. The highest BCUT2D eigenvalue weighted by Crippen LogP contribution is 2.25. The average Bonchev–Trinajstić information content (AvgIpc) is 2.23. The van der Waals surface area contributed by atoms with Gasteiger partial charge >= 0.3 is 12.2 Å². The number of hydrogen-bond donors (Lipinski definition) is 0. The van der Waals surface area contributed by atoms with Crippen LogP contribution < -0.4 is 0 Å². The van der Waals surface area contributed by atoms with Gasteiger partial charge in [0.2, 0.25) is 0 Å². The largest absolute Gasteiger partial charge is 0.443 e. The van der Waals surface area contributed by atoms with Crippen LogP contribution in [0.1, 0.15) is 61.3 Å². The van der Waals surface area contributed by atoms with Crippen molar-refractivity contribution in [3.05, 3.63) is 12.2 Å². The molecule has 2 amide bonds. The quantitative estimate of drug-likeness (QED) is 0.668. The van der Waals surface area contributed by atoms with Crippen molar-refractivity contribution in [1.29, 1.82) is 0 Å². The molecule has 0 radical (unpaired) electrons. The summed E-state index contributed by atoms with van der Waals surface area (Å²) in [5.74, 6) is 0.405. The van der Waals surface area contributed by atoms with E-state index in [1.165, 1.54) is 0 Å². The molecule has 0 aliphatic heterocycles. The van der Waals surface area contributed by atoms with Crippen molar-refractivity contribution < 1.29 is 19.1 Å². The van der Waals surface area contributed by atoms with Gasteiger partial charge in [-0.2, -0.15) is 0 Å². The highest BCUT2D eigenvalue weighted by molar-refractivity contribution is 5.89. The Morgan fingerprint density at radius 2 is 1.45 bits per heavy atom. The van der Waals surface area contributed by atoms with E-state index in [0.717, 1.165) is 17.7 Å². The SMILES string of the molecule is C[C@@H]1CC=C[C@@H](N(C(=O)OC(C)(C)C)C(=O)OC(C)(C)C)C1. The minimum Gasteiger partial charge on any atom is -0.443 e. The van der Waals surface area contributed by atoms with E-state index in [2.05, 4.69) is 6.92 Å². The molecule has 1 aliphatic carbocycles. The Morgan fingerprint density at radius 3 is 1.82 bits per heavy atom. The molecule has 0 unspecified atom stereocenters. The summed E-state index contributed by atoms with van der Waals surface area (Å²) >= 11 is 0. The monoisotopic (exact) mass is 311 g/mol. The number of imide groups is 1. The van der Waals surface area contributed by atoms with E-state index in [-0.39, 0.29) is 6.04 Å². The minimum absolute atomic E-state index is 0.326. The van der Waals surface area contributed by atoms with Crippen LogP contribution in [0.15, 0.2) is 12.2 Å². The number of carbonyl (C=O) groups excluding carboxylic acids is 2. The van der Waals surface area contributed by atoms with Crippen LogP contribution >= 0.6 is 0 Å². The lowest BCUT2D eigenvalue weighted by Gasteiger charge is -2.34. The number of rotatable bonds is 1. The van der Waals surface area contributed by atoms with Crippen molar-refractivity contribution in [3.63, 3.8) is 0 Å². The molecule has 0 bridgehead atoms. The maximum absolute atomic E-state index is 12.5. The van der Waals surface area contributed by atoms with E-state index >= 15 is 0 Å². The summed E-state index contributed by atoms with van der Waals surface area (Å²) in [7, 11) is 0. The minimum atomic E-state index is -0.665. The second-order valence-electron chi connectivity index (χ2n) is 7.90. The third-order valence-corrected chi connectivity index (χ3v) is 3.05. The summed E-state index contributed by atoms with van der Waals surface area (Å²) in [6.45, 7) is 12.7. The molecule has 0 saturated carbocycles. The molecule has 0 N–H and O–H groups in total. The maximum atomic E-state index is 12.5. The van der Waals surface area contributed by atoms with Crippen LogP contribution in [0.25, 0.3) is 0 Å². The molecular weight excluding hydrogens is 282 g/mol. The summed E-state index contributed by atoms with van der Waals surface area (Å²) in [5, 5.41) is 0. The van der Waals surface area contributed by atoms with Crippen LogP contribution in [0.2, 0.25) is 0 Å². The second-order valence-corrected chi connectivity index (χ2v) is 7.90. The first kappa shape index (κ1) is 18.5. The van der Waals surface area contributed by atoms with Crippen LogP contribution in [-0.4, -0.2) is 34.3 Å². The zero-order valence-corrected chi connectivity index (χ0v) is 14.8. The van der Waals surface area contributed by atoms with Crippen LogP contribution in [-0.2, 0) is 9.47 Å². The molecule has 1 aliphatic rings. The number of carbonyl (C=O) groups is 2. The molecule has 2 atom stereocenters. The Kier molecular flexibility index (Phi) is 5.65. The first-order chi connectivity index (χ1) is 9.89. The molecule has 126 valence electrons. The number of ether oxygens (including phenoxy) is 2. The van der Waals surface area contributed by atoms with Gasteiger partial charge in [-0.1, -0.05) is 19.1 Å². The molecule has 0 saturated heterocycles. The highest BCUT2D eigenvalue weighted by Gasteiger charge is 2.36. The fraction of sp³-hybridized carbons (Fsp3) is 0.765. The second kappa shape index (κ2) is 6.71. The van der Waals surface area contributed by atoms with Gasteiger partial charge in [-0.05, 0) is 60.3 Å². The number of allylic oxidation sites excluding steroid dienone is 1. The Hall–Kier alpha value is -1.52. The first-order valence-electron chi connectivity index (χ1n) is 7.81. The first-order valence-corrected chi connectivity index (χ1v) is 7.81. The molecule has 5 nitrogen and oxygen atoms in total. The number of nitrogens with zero attached hydrogens (tertiary/aromatic N) is 1. The molecule has 0 aromatic carbocycles. The zero-order valence-electron chi connectivity index (χ0n) is 14.8. The third-order valence-electron chi connectivity index (χ3n) is 3.05. The van der Waals surface area contributed by atoms with Gasteiger partial charge in [0.1, 0.15) is 11.2 Å². The average molecular weight is 311 g/mol. The van der Waals surface area contributed by atoms with E-state index in [0.29, 0.717) is 5.92 Å². The Labute approximate surface area is 133 Å². The van der Waals surface area contributed by atoms with Crippen molar-refractivity contribution in [2.75, 3.05) is 0 Å². The van der Waals surface area contributed by atoms with E-state index in [1.807, 2.05) is 12.2 Å². The normalized spacial score (nSPS) is 22.1. The topological polar surface area (TPSA) is 55.8 Å². The zero-order chi connectivity index (χ0) is 17.1. The lowest BCUT2D eigenvalue weighted by Crippen LogP contribution is -2.49. The highest BCUT2D eigenvalue weighted by atomic mass is 16.6. The summed E-state index contributed by atoms with van der Waals surface area (Å²) in [6.07, 6.45) is 4.23. The Bertz CT molecular complexity index is 415. The molecule has 0 fully saturated rings. The predicted molar refractivity (Wildman–Crippen MR) is 85.6 cm³/mol. The molecule has 0 spiro atoms. The van der Waals surface area contributed by atoms with Gasteiger partial charge in [0.15, 0.2) is 0 Å². The van der Waals surface area contributed by atoms with E-state index in [1.54, 1.807) is 41.5 Å². The fourth-order valence-corrected chi connectivity index (χ4v) is 2.21. The lowest BCUT2D eigenvalue weighted by molar-refractivity contribution is -0.00548. The number of amides is 2. The van der Waals surface area contributed by atoms with E-state index in [9.17, 15) is 9.59 Å². The number of hydrogen-bond acceptors (Lipinski definition) is 4. The van der Waals surface area contributed by atoms with Crippen LogP contribution in [0.4, 0.5) is 9.59 Å². The van der Waals surface area contributed by atoms with Crippen molar-refractivity contribution >= 4 is 12.2 Å². The van der Waals surface area contributed by atoms with Crippen molar-refractivity contribution in [3.8, 4) is 0 Å². The van der Waals surface area contributed by atoms with Gasteiger partial charge in [0.25, 0.3) is 0 Å². The smallest absolute Gasteiger partial charge is 0.420 e. The van der Waals surface area contributed by atoms with Crippen LogP contribution in [0.5, 0.6) is 0 Å². The van der Waals surface area contributed by atoms with Crippen molar-refractivity contribution in [2.24, 2.45) is 5.92 Å². The van der Waals surface area contributed by atoms with Gasteiger partial charge in [0.05, 0.1) is 6.04 Å². The van der Waals surface area contributed by atoms with Crippen molar-refractivity contribution in [1.82, 2.24) is 4.90 Å². The van der Waals surface area contributed by atoms with Gasteiger partial charge in [-0.3, -0.25) is 0 Å². The van der Waals surface area contributed by atoms with Gasteiger partial charge in [0, 0.05) is 0 Å². The van der Waals surface area contributed by atoms with Gasteiger partial charge in [-0.15, -0.1) is 0 Å². The molecule has 0 heterocycles. The summed E-state index contributed by atoms with van der Waals surface area (Å²) in [6, 6.07) is -0.326. The molecule has 0 aromatic rings. The molecule has 22 heavy (non-hydrogen) atoms. The molecular formula is C17H29NO4. The third kappa shape index (κ3) is 6.08. The standard InChI is InChI=1S/C17H29NO4/c1-12-9-8-10-13(11-12)18(14(19)21-16(2,3)4)15(20)22-17(5,6)7/h8,10,12-13H,9,11H2,1-7H3/t12-,13-/m1/s1. The van der Waals surface area contributed by atoms with Crippen molar-refractivity contribution in [2.45, 2.75) is 78.6 Å². The molecule has 5 heteroatoms. The van der Waals surface area contributed by atoms with Crippen LogP contribution in [0, 0.1) is 5.92 Å². The Balaban J connectivity index is 2.99. The predicted octanol–water partition coefficient (Wildman–Crippen LogP) is 4.51. The van der Waals surface area contributed by atoms with Crippen LogP contribution in [0.3, 0.4) is 0 Å². The molecule has 0 aromatic heterocycles. The van der Waals surface area contributed by atoms with Gasteiger partial charge < -0.3 is 9.47 Å². The summed E-state index contributed by atoms with van der Waals surface area (Å²) < 4.78 is 10.8. The molecule has 1 rings (SSSR count). The van der Waals surface area contributed by atoms with E-state index < -0.39 is 23.4 Å². The maximum Gasteiger partial charge on any atom is 0.420 e.